The Morgan fingerprint density at radius 2 is 2.29 bits per heavy atom. The van der Waals surface area contributed by atoms with Gasteiger partial charge in [-0.05, 0) is 12.1 Å². The number of hydrogen-bond acceptors (Lipinski definition) is 4. The smallest absolute Gasteiger partial charge is 0.182 e. The van der Waals surface area contributed by atoms with E-state index in [2.05, 4.69) is 4.98 Å². The molecule has 0 spiro atoms. The number of para-hydroxylation sites is 1. The Kier molecular flexibility index (Phi) is 2.57. The number of hydrogen-bond donors (Lipinski definition) is 0. The molecule has 0 N–H and O–H groups in total. The van der Waals surface area contributed by atoms with Crippen LogP contribution in [0, 0.1) is 11.3 Å². The summed E-state index contributed by atoms with van der Waals surface area (Å²) in [6.45, 7) is 0. The third-order valence-corrected chi connectivity index (χ3v) is 4.18. The van der Waals surface area contributed by atoms with E-state index in [1.807, 2.05) is 30.3 Å². The number of benzene rings is 1. The van der Waals surface area contributed by atoms with Crippen LogP contribution in [0.15, 0.2) is 28.6 Å². The van der Waals surface area contributed by atoms with Gasteiger partial charge in [0.25, 0.3) is 0 Å². The highest BCUT2D eigenvalue weighted by Crippen LogP contribution is 2.23. The largest absolute Gasteiger partial charge is 0.251 e. The second-order valence-corrected chi connectivity index (χ2v) is 5.25. The van der Waals surface area contributed by atoms with E-state index in [9.17, 15) is 4.21 Å². The van der Waals surface area contributed by atoms with Crippen LogP contribution >= 0.6 is 11.3 Å². The predicted octanol–water partition coefficient (Wildman–Crippen LogP) is 1.93. The first kappa shape index (κ1) is 9.31. The van der Waals surface area contributed by atoms with Gasteiger partial charge in [-0.25, -0.2) is 4.98 Å². The molecule has 0 aliphatic rings. The maximum atomic E-state index is 11.5. The van der Waals surface area contributed by atoms with Gasteiger partial charge in [0.05, 0.1) is 27.1 Å². The first-order valence-corrected chi connectivity index (χ1v) is 6.05. The second kappa shape index (κ2) is 3.86. The first-order chi connectivity index (χ1) is 6.81. The Hall–Kier alpha value is -1.25. The van der Waals surface area contributed by atoms with Crippen molar-refractivity contribution in [2.45, 2.75) is 4.34 Å². The van der Waals surface area contributed by atoms with Crippen LogP contribution in [0.25, 0.3) is 10.2 Å². The molecule has 2 aromatic rings. The Morgan fingerprint density at radius 1 is 1.50 bits per heavy atom. The summed E-state index contributed by atoms with van der Waals surface area (Å²) in [5.74, 6) is 0.0137. The van der Waals surface area contributed by atoms with Crippen molar-refractivity contribution >= 4 is 32.4 Å². The monoisotopic (exact) mass is 222 g/mol. The van der Waals surface area contributed by atoms with Gasteiger partial charge in [0.15, 0.2) is 4.34 Å². The Morgan fingerprint density at radius 3 is 3.00 bits per heavy atom. The molecular weight excluding hydrogens is 216 g/mol. The summed E-state index contributed by atoms with van der Waals surface area (Å²) < 4.78 is 13.0. The van der Waals surface area contributed by atoms with Crippen molar-refractivity contribution in [3.05, 3.63) is 24.3 Å². The van der Waals surface area contributed by atoms with E-state index in [0.717, 1.165) is 10.2 Å². The molecule has 0 fully saturated rings. The molecule has 1 aromatic heterocycles. The fraction of sp³-hybridized carbons (Fsp3) is 0.111. The molecule has 0 unspecified atom stereocenters. The minimum atomic E-state index is -1.27. The van der Waals surface area contributed by atoms with Gasteiger partial charge in [-0.2, -0.15) is 5.26 Å². The fourth-order valence-corrected chi connectivity index (χ4v) is 3.02. The number of nitrogens with zero attached hydrogens (tertiary/aromatic N) is 2. The van der Waals surface area contributed by atoms with Crippen molar-refractivity contribution in [2.24, 2.45) is 0 Å². The van der Waals surface area contributed by atoms with Crippen LogP contribution in [-0.2, 0) is 10.8 Å². The van der Waals surface area contributed by atoms with Crippen molar-refractivity contribution in [3.63, 3.8) is 0 Å². The SMILES string of the molecule is N#CC[S@](=O)c1nc2ccccc2s1. The minimum absolute atomic E-state index is 0.0137. The molecule has 1 heterocycles. The van der Waals surface area contributed by atoms with Crippen LogP contribution in [0.1, 0.15) is 0 Å². The van der Waals surface area contributed by atoms with Gasteiger partial charge in [0.2, 0.25) is 0 Å². The van der Waals surface area contributed by atoms with E-state index < -0.39 is 10.8 Å². The van der Waals surface area contributed by atoms with Crippen LogP contribution in [0.5, 0.6) is 0 Å². The van der Waals surface area contributed by atoms with Gasteiger partial charge < -0.3 is 0 Å². The maximum Gasteiger partial charge on any atom is 0.182 e. The van der Waals surface area contributed by atoms with Crippen LogP contribution in [-0.4, -0.2) is 14.9 Å². The lowest BCUT2D eigenvalue weighted by molar-refractivity contribution is 0.685. The molecule has 3 nitrogen and oxygen atoms in total. The molecular formula is C9H6N2OS2. The number of thiazole rings is 1. The normalized spacial score (nSPS) is 12.5. The van der Waals surface area contributed by atoms with Crippen molar-refractivity contribution in [1.29, 1.82) is 5.26 Å². The quantitative estimate of drug-likeness (QED) is 0.780. The molecule has 0 saturated carbocycles. The average Bonchev–Trinajstić information content (AvgIpc) is 2.61. The van der Waals surface area contributed by atoms with Gasteiger partial charge in [0.1, 0.15) is 5.75 Å². The Labute approximate surface area is 87.5 Å². The van der Waals surface area contributed by atoms with Crippen LogP contribution in [0.4, 0.5) is 0 Å². The summed E-state index contributed by atoms with van der Waals surface area (Å²) in [5, 5.41) is 8.41. The van der Waals surface area contributed by atoms with Crippen LogP contribution < -0.4 is 0 Å². The summed E-state index contributed by atoms with van der Waals surface area (Å²) in [5.41, 5.74) is 0.846. The zero-order valence-electron chi connectivity index (χ0n) is 7.14. The Bertz CT molecular complexity index is 494. The molecule has 0 amide bonds. The molecule has 1 atom stereocenters. The van der Waals surface area contributed by atoms with Crippen molar-refractivity contribution in [3.8, 4) is 6.07 Å². The first-order valence-electron chi connectivity index (χ1n) is 3.92. The summed E-state index contributed by atoms with van der Waals surface area (Å²) in [4.78, 5) is 4.20. The van der Waals surface area contributed by atoms with E-state index in [-0.39, 0.29) is 5.75 Å². The summed E-state index contributed by atoms with van der Waals surface area (Å²) in [6, 6.07) is 9.48. The summed E-state index contributed by atoms with van der Waals surface area (Å²) in [6.07, 6.45) is 0. The van der Waals surface area contributed by atoms with Crippen molar-refractivity contribution in [1.82, 2.24) is 4.98 Å². The minimum Gasteiger partial charge on any atom is -0.251 e. The lowest BCUT2D eigenvalue weighted by Crippen LogP contribution is -1.93. The highest BCUT2D eigenvalue weighted by atomic mass is 32.2. The standard InChI is InChI=1S/C9H6N2OS2/c10-5-6-14(12)9-11-7-3-1-2-4-8(7)13-9/h1-4H,6H2/t14-/m0/s1. The van der Waals surface area contributed by atoms with E-state index in [1.165, 1.54) is 11.3 Å². The third kappa shape index (κ3) is 1.67. The lowest BCUT2D eigenvalue weighted by Gasteiger charge is -1.85. The number of aromatic nitrogens is 1. The fourth-order valence-electron chi connectivity index (χ4n) is 1.07. The van der Waals surface area contributed by atoms with Crippen molar-refractivity contribution < 1.29 is 4.21 Å². The molecule has 0 aliphatic heterocycles. The Balaban J connectivity index is 2.46. The number of nitriles is 1. The molecule has 70 valence electrons. The van der Waals surface area contributed by atoms with Crippen LogP contribution in [0.2, 0.25) is 0 Å². The topological polar surface area (TPSA) is 53.8 Å². The predicted molar refractivity (Wildman–Crippen MR) is 56.5 cm³/mol. The molecule has 5 heteroatoms. The van der Waals surface area contributed by atoms with E-state index in [4.69, 9.17) is 5.26 Å². The van der Waals surface area contributed by atoms with E-state index >= 15 is 0 Å². The second-order valence-electron chi connectivity index (χ2n) is 2.60. The van der Waals surface area contributed by atoms with Crippen molar-refractivity contribution in [2.75, 3.05) is 5.75 Å². The molecule has 0 aliphatic carbocycles. The molecule has 0 radical (unpaired) electrons. The van der Waals surface area contributed by atoms with Gasteiger partial charge in [-0.1, -0.05) is 12.1 Å². The van der Waals surface area contributed by atoms with E-state index in [1.54, 1.807) is 0 Å². The zero-order chi connectivity index (χ0) is 9.97. The molecule has 0 bridgehead atoms. The summed E-state index contributed by atoms with van der Waals surface area (Å²) in [7, 11) is -1.27. The molecule has 14 heavy (non-hydrogen) atoms. The lowest BCUT2D eigenvalue weighted by atomic mass is 10.3. The third-order valence-electron chi connectivity index (χ3n) is 1.66. The van der Waals surface area contributed by atoms with Crippen LogP contribution in [0.3, 0.4) is 0 Å². The van der Waals surface area contributed by atoms with E-state index in [0.29, 0.717) is 4.34 Å². The van der Waals surface area contributed by atoms with Gasteiger partial charge in [-0.15, -0.1) is 11.3 Å². The summed E-state index contributed by atoms with van der Waals surface area (Å²) >= 11 is 1.38. The highest BCUT2D eigenvalue weighted by Gasteiger charge is 2.09. The van der Waals surface area contributed by atoms with Gasteiger partial charge in [-0.3, -0.25) is 4.21 Å². The van der Waals surface area contributed by atoms with Gasteiger partial charge in [0, 0.05) is 0 Å². The molecule has 0 saturated heterocycles. The zero-order valence-corrected chi connectivity index (χ0v) is 8.77. The number of fused-ring (bicyclic) bond motifs is 1. The molecule has 1 aromatic carbocycles. The van der Waals surface area contributed by atoms with Gasteiger partial charge >= 0.3 is 0 Å². The molecule has 2 rings (SSSR count). The maximum absolute atomic E-state index is 11.5. The highest BCUT2D eigenvalue weighted by molar-refractivity contribution is 7.87. The average molecular weight is 222 g/mol. The number of rotatable bonds is 2.